The normalized spacial score (nSPS) is 17.1. The van der Waals surface area contributed by atoms with E-state index >= 15 is 0 Å². The first-order chi connectivity index (χ1) is 5.77. The van der Waals surface area contributed by atoms with Crippen LogP contribution in [0.1, 0.15) is 33.3 Å². The Morgan fingerprint density at radius 1 is 1.23 bits per heavy atom. The first kappa shape index (κ1) is 11.2. The highest BCUT2D eigenvalue weighted by molar-refractivity contribution is 9.10. The van der Waals surface area contributed by atoms with Crippen molar-refractivity contribution in [3.63, 3.8) is 0 Å². The molecule has 1 atom stereocenters. The SMILES string of the molecule is CC(C)(C)C(C)(O)c1cscc1Br. The van der Waals surface area contributed by atoms with Crippen LogP contribution in [0.2, 0.25) is 0 Å². The van der Waals surface area contributed by atoms with Gasteiger partial charge >= 0.3 is 0 Å². The van der Waals surface area contributed by atoms with Crippen molar-refractivity contribution in [1.82, 2.24) is 0 Å². The minimum absolute atomic E-state index is 0.156. The van der Waals surface area contributed by atoms with Crippen molar-refractivity contribution in [3.8, 4) is 0 Å². The largest absolute Gasteiger partial charge is 0.385 e. The molecular formula is C10H15BrOS. The van der Waals surface area contributed by atoms with Crippen LogP contribution in [0.25, 0.3) is 0 Å². The van der Waals surface area contributed by atoms with Crippen LogP contribution >= 0.6 is 27.3 Å². The summed E-state index contributed by atoms with van der Waals surface area (Å²) in [5.41, 5.74) is 0.0348. The van der Waals surface area contributed by atoms with Gasteiger partial charge in [-0.2, -0.15) is 11.3 Å². The number of rotatable bonds is 1. The van der Waals surface area contributed by atoms with Crippen molar-refractivity contribution < 1.29 is 5.11 Å². The molecule has 0 bridgehead atoms. The Morgan fingerprint density at radius 3 is 2.08 bits per heavy atom. The van der Waals surface area contributed by atoms with E-state index in [0.717, 1.165) is 10.0 Å². The Hall–Kier alpha value is 0.140. The van der Waals surface area contributed by atoms with Gasteiger partial charge in [-0.25, -0.2) is 0 Å². The molecule has 0 aromatic carbocycles. The third-order valence-corrected chi connectivity index (χ3v) is 4.30. The zero-order chi connectivity index (χ0) is 10.3. The molecule has 0 fully saturated rings. The quantitative estimate of drug-likeness (QED) is 0.817. The van der Waals surface area contributed by atoms with Gasteiger partial charge in [0.1, 0.15) is 0 Å². The lowest BCUT2D eigenvalue weighted by molar-refractivity contribution is -0.0472. The van der Waals surface area contributed by atoms with Gasteiger partial charge in [-0.1, -0.05) is 20.8 Å². The average molecular weight is 263 g/mol. The Bertz CT molecular complexity index is 296. The molecule has 0 aliphatic heterocycles. The van der Waals surface area contributed by atoms with Crippen LogP contribution in [-0.2, 0) is 5.60 Å². The number of aliphatic hydroxyl groups is 1. The van der Waals surface area contributed by atoms with E-state index in [0.29, 0.717) is 0 Å². The average Bonchev–Trinajstić information content (AvgIpc) is 2.32. The summed E-state index contributed by atoms with van der Waals surface area (Å²) in [6.45, 7) is 7.98. The Morgan fingerprint density at radius 2 is 1.77 bits per heavy atom. The topological polar surface area (TPSA) is 20.2 Å². The first-order valence-corrected chi connectivity index (χ1v) is 5.95. The maximum absolute atomic E-state index is 10.4. The molecule has 74 valence electrons. The van der Waals surface area contributed by atoms with Gasteiger partial charge in [-0.3, -0.25) is 0 Å². The molecule has 1 aromatic rings. The van der Waals surface area contributed by atoms with Crippen molar-refractivity contribution in [2.45, 2.75) is 33.3 Å². The highest BCUT2D eigenvalue weighted by Crippen LogP contribution is 2.42. The monoisotopic (exact) mass is 262 g/mol. The van der Waals surface area contributed by atoms with E-state index in [1.807, 2.05) is 38.5 Å². The van der Waals surface area contributed by atoms with Crippen LogP contribution in [0, 0.1) is 5.41 Å². The number of hydrogen-bond donors (Lipinski definition) is 1. The van der Waals surface area contributed by atoms with Crippen molar-refractivity contribution in [2.24, 2.45) is 5.41 Å². The molecule has 13 heavy (non-hydrogen) atoms. The molecule has 3 heteroatoms. The third kappa shape index (κ3) is 1.97. The maximum atomic E-state index is 10.4. The summed E-state index contributed by atoms with van der Waals surface area (Å²) < 4.78 is 0.998. The second kappa shape index (κ2) is 3.37. The van der Waals surface area contributed by atoms with Crippen molar-refractivity contribution in [1.29, 1.82) is 0 Å². The van der Waals surface area contributed by atoms with Gasteiger partial charge in [0.25, 0.3) is 0 Å². The summed E-state index contributed by atoms with van der Waals surface area (Å²) in [6.07, 6.45) is 0. The molecule has 0 saturated carbocycles. The Kier molecular flexibility index (Phi) is 2.91. The highest BCUT2D eigenvalue weighted by Gasteiger charge is 2.38. The van der Waals surface area contributed by atoms with E-state index in [2.05, 4.69) is 15.9 Å². The fourth-order valence-electron chi connectivity index (χ4n) is 1.03. The van der Waals surface area contributed by atoms with Gasteiger partial charge in [0.2, 0.25) is 0 Å². The smallest absolute Gasteiger partial charge is 0.0935 e. The minimum Gasteiger partial charge on any atom is -0.385 e. The predicted molar refractivity (Wildman–Crippen MR) is 61.0 cm³/mol. The van der Waals surface area contributed by atoms with Gasteiger partial charge in [-0.05, 0) is 33.6 Å². The Balaban J connectivity index is 3.15. The van der Waals surface area contributed by atoms with Crippen LogP contribution in [0.15, 0.2) is 15.2 Å². The lowest BCUT2D eigenvalue weighted by Gasteiger charge is -2.37. The number of halogens is 1. The van der Waals surface area contributed by atoms with E-state index < -0.39 is 5.60 Å². The number of thiophene rings is 1. The zero-order valence-electron chi connectivity index (χ0n) is 8.39. The van der Waals surface area contributed by atoms with Gasteiger partial charge < -0.3 is 5.11 Å². The van der Waals surface area contributed by atoms with Gasteiger partial charge in [-0.15, -0.1) is 0 Å². The maximum Gasteiger partial charge on any atom is 0.0935 e. The van der Waals surface area contributed by atoms with Crippen molar-refractivity contribution in [2.75, 3.05) is 0 Å². The lowest BCUT2D eigenvalue weighted by Crippen LogP contribution is -2.36. The summed E-state index contributed by atoms with van der Waals surface area (Å²) in [5, 5.41) is 14.4. The van der Waals surface area contributed by atoms with E-state index in [1.165, 1.54) is 0 Å². The third-order valence-electron chi connectivity index (χ3n) is 2.60. The minimum atomic E-state index is -0.786. The Labute approximate surface area is 91.9 Å². The van der Waals surface area contributed by atoms with Gasteiger partial charge in [0, 0.05) is 15.4 Å². The van der Waals surface area contributed by atoms with Crippen molar-refractivity contribution >= 4 is 27.3 Å². The van der Waals surface area contributed by atoms with Gasteiger partial charge in [0.15, 0.2) is 0 Å². The number of hydrogen-bond acceptors (Lipinski definition) is 2. The van der Waals surface area contributed by atoms with Gasteiger partial charge in [0.05, 0.1) is 5.60 Å². The standard InChI is InChI=1S/C10H15BrOS/c1-9(2,3)10(4,12)7-5-13-6-8(7)11/h5-6,12H,1-4H3. The summed E-state index contributed by atoms with van der Waals surface area (Å²) in [5.74, 6) is 0. The van der Waals surface area contributed by atoms with Crippen LogP contribution in [0.5, 0.6) is 0 Å². The van der Waals surface area contributed by atoms with Crippen LogP contribution in [0.3, 0.4) is 0 Å². The molecule has 0 spiro atoms. The fourth-order valence-corrected chi connectivity index (χ4v) is 2.82. The molecule has 1 unspecified atom stereocenters. The lowest BCUT2D eigenvalue weighted by atomic mass is 9.74. The first-order valence-electron chi connectivity index (χ1n) is 4.21. The molecule has 1 nitrogen and oxygen atoms in total. The highest BCUT2D eigenvalue weighted by atomic mass is 79.9. The summed E-state index contributed by atoms with van der Waals surface area (Å²) in [6, 6.07) is 0. The van der Waals surface area contributed by atoms with Crippen LogP contribution in [0.4, 0.5) is 0 Å². The molecule has 1 rings (SSSR count). The molecule has 0 aliphatic carbocycles. The molecule has 0 aliphatic rings. The zero-order valence-corrected chi connectivity index (χ0v) is 10.8. The van der Waals surface area contributed by atoms with E-state index in [1.54, 1.807) is 11.3 Å². The second-order valence-electron chi connectivity index (χ2n) is 4.46. The molecule has 1 heterocycles. The van der Waals surface area contributed by atoms with E-state index in [-0.39, 0.29) is 5.41 Å². The molecule has 0 saturated heterocycles. The van der Waals surface area contributed by atoms with Crippen molar-refractivity contribution in [3.05, 3.63) is 20.8 Å². The molecule has 1 N–H and O–H groups in total. The molecule has 1 aromatic heterocycles. The molecular weight excluding hydrogens is 248 g/mol. The summed E-state index contributed by atoms with van der Waals surface area (Å²) in [4.78, 5) is 0. The fraction of sp³-hybridized carbons (Fsp3) is 0.600. The van der Waals surface area contributed by atoms with E-state index in [9.17, 15) is 5.11 Å². The molecule has 0 radical (unpaired) electrons. The molecule has 0 amide bonds. The predicted octanol–water partition coefficient (Wildman–Crippen LogP) is 3.76. The van der Waals surface area contributed by atoms with E-state index in [4.69, 9.17) is 0 Å². The van der Waals surface area contributed by atoms with Crippen LogP contribution < -0.4 is 0 Å². The summed E-state index contributed by atoms with van der Waals surface area (Å²) in [7, 11) is 0. The second-order valence-corrected chi connectivity index (χ2v) is 6.05. The summed E-state index contributed by atoms with van der Waals surface area (Å²) >= 11 is 5.05. The van der Waals surface area contributed by atoms with Crippen LogP contribution in [-0.4, -0.2) is 5.11 Å².